The maximum atomic E-state index is 14.6. The van der Waals surface area contributed by atoms with Crippen LogP contribution in [0.4, 0.5) is 8.78 Å². The number of rotatable bonds is 5. The van der Waals surface area contributed by atoms with E-state index in [4.69, 9.17) is 9.47 Å². The van der Waals surface area contributed by atoms with E-state index in [1.807, 2.05) is 0 Å². The molecule has 5 nitrogen and oxygen atoms in total. The molecule has 1 fully saturated rings. The fourth-order valence-corrected chi connectivity index (χ4v) is 4.18. The van der Waals surface area contributed by atoms with E-state index in [9.17, 15) is 22.6 Å². The molecule has 0 aromatic heterocycles. The zero-order chi connectivity index (χ0) is 19.4. The maximum absolute atomic E-state index is 14.6. The molecule has 8 heteroatoms. The Balaban J connectivity index is 1.64. The van der Waals surface area contributed by atoms with E-state index in [1.165, 1.54) is 24.3 Å². The summed E-state index contributed by atoms with van der Waals surface area (Å²) in [7, 11) is -2.01. The van der Waals surface area contributed by atoms with Gasteiger partial charge in [0, 0.05) is 10.8 Å². The number of alkyl halides is 2. The van der Waals surface area contributed by atoms with E-state index in [1.54, 1.807) is 36.4 Å². The fraction of sp³-hybridized carbons (Fsp3) is 0.263. The first kappa shape index (κ1) is 19.2. The van der Waals surface area contributed by atoms with Crippen LogP contribution < -0.4 is 0 Å². The Labute approximate surface area is 156 Å². The van der Waals surface area contributed by atoms with Crippen LogP contribution in [-0.2, 0) is 20.3 Å². The Morgan fingerprint density at radius 3 is 2.04 bits per heavy atom. The van der Waals surface area contributed by atoms with Crippen molar-refractivity contribution in [3.05, 3.63) is 71.8 Å². The smallest absolute Gasteiger partial charge is 0.338 e. The van der Waals surface area contributed by atoms with E-state index in [0.717, 1.165) is 0 Å². The molecular formula is C19H16F2O5S. The SMILES string of the molecule is O=C(OC[C@@H]1S(=O)C[C@@H](OC(=O)c2ccccc2)C1(F)F)c1ccccc1. The van der Waals surface area contributed by atoms with Gasteiger partial charge in [-0.3, -0.25) is 4.21 Å². The maximum Gasteiger partial charge on any atom is 0.338 e. The Bertz CT molecular complexity index is 842. The number of ether oxygens (including phenoxy) is 2. The summed E-state index contributed by atoms with van der Waals surface area (Å²) in [6.45, 7) is -0.729. The number of hydrogen-bond donors (Lipinski definition) is 0. The van der Waals surface area contributed by atoms with Crippen molar-refractivity contribution in [1.29, 1.82) is 0 Å². The molecule has 1 heterocycles. The molecule has 0 amide bonds. The first-order chi connectivity index (χ1) is 12.9. The average Bonchev–Trinajstić information content (AvgIpc) is 2.89. The molecule has 3 rings (SSSR count). The summed E-state index contributed by atoms with van der Waals surface area (Å²) in [5.74, 6) is -5.79. The van der Waals surface area contributed by atoms with Gasteiger partial charge in [-0.25, -0.2) is 18.4 Å². The van der Waals surface area contributed by atoms with Crippen LogP contribution in [0.1, 0.15) is 20.7 Å². The first-order valence-corrected chi connectivity index (χ1v) is 9.51. The van der Waals surface area contributed by atoms with Crippen LogP contribution in [0.5, 0.6) is 0 Å². The normalized spacial score (nSPS) is 23.6. The highest BCUT2D eigenvalue weighted by atomic mass is 32.2. The second-order valence-electron chi connectivity index (χ2n) is 5.94. The lowest BCUT2D eigenvalue weighted by Gasteiger charge is -2.22. The van der Waals surface area contributed by atoms with Crippen LogP contribution in [0.2, 0.25) is 0 Å². The number of benzene rings is 2. The van der Waals surface area contributed by atoms with Gasteiger partial charge in [0.15, 0.2) is 6.10 Å². The van der Waals surface area contributed by atoms with Gasteiger partial charge in [0.2, 0.25) is 0 Å². The molecule has 142 valence electrons. The standard InChI is InChI=1S/C19H16F2O5S/c20-19(21)15(26-18(23)14-9-5-2-6-10-14)12-27(24)16(19)11-25-17(22)13-7-3-1-4-8-13/h1-10,15-16H,11-12H2/t15-,16+,27?/m1/s1. The molecule has 0 bridgehead atoms. The zero-order valence-corrected chi connectivity index (χ0v) is 14.9. The molecule has 3 atom stereocenters. The summed E-state index contributed by atoms with van der Waals surface area (Å²) in [6.07, 6.45) is -1.84. The van der Waals surface area contributed by atoms with Crippen LogP contribution in [0.3, 0.4) is 0 Å². The average molecular weight is 394 g/mol. The Morgan fingerprint density at radius 2 is 1.48 bits per heavy atom. The van der Waals surface area contributed by atoms with Gasteiger partial charge in [-0.1, -0.05) is 36.4 Å². The molecule has 0 aliphatic carbocycles. The molecule has 0 saturated carbocycles. The van der Waals surface area contributed by atoms with Gasteiger partial charge in [-0.15, -0.1) is 0 Å². The summed E-state index contributed by atoms with van der Waals surface area (Å²) in [6, 6.07) is 15.6. The van der Waals surface area contributed by atoms with Crippen LogP contribution in [-0.4, -0.2) is 45.8 Å². The lowest BCUT2D eigenvalue weighted by molar-refractivity contribution is -0.104. The van der Waals surface area contributed by atoms with Crippen molar-refractivity contribution in [3.8, 4) is 0 Å². The molecule has 0 N–H and O–H groups in total. The third-order valence-electron chi connectivity index (χ3n) is 4.13. The molecule has 1 aliphatic heterocycles. The minimum absolute atomic E-state index is 0.123. The highest BCUT2D eigenvalue weighted by Gasteiger charge is 2.59. The second-order valence-corrected chi connectivity index (χ2v) is 7.60. The van der Waals surface area contributed by atoms with Crippen molar-refractivity contribution in [1.82, 2.24) is 0 Å². The van der Waals surface area contributed by atoms with Crippen molar-refractivity contribution in [2.75, 3.05) is 12.4 Å². The van der Waals surface area contributed by atoms with Crippen molar-refractivity contribution in [2.24, 2.45) is 0 Å². The van der Waals surface area contributed by atoms with E-state index >= 15 is 0 Å². The van der Waals surface area contributed by atoms with Gasteiger partial charge in [-0.05, 0) is 24.3 Å². The van der Waals surface area contributed by atoms with E-state index < -0.39 is 52.4 Å². The predicted molar refractivity (Wildman–Crippen MR) is 94.1 cm³/mol. The van der Waals surface area contributed by atoms with Gasteiger partial charge in [0.1, 0.15) is 11.9 Å². The lowest BCUT2D eigenvalue weighted by Crippen LogP contribution is -2.43. The molecule has 1 saturated heterocycles. The quantitative estimate of drug-likeness (QED) is 0.730. The van der Waals surface area contributed by atoms with E-state index in [0.29, 0.717) is 0 Å². The number of carbonyl (C=O) groups is 2. The van der Waals surface area contributed by atoms with Crippen molar-refractivity contribution < 1.29 is 32.1 Å². The summed E-state index contributed by atoms with van der Waals surface area (Å²) >= 11 is 0. The predicted octanol–water partition coefficient (Wildman–Crippen LogP) is 2.84. The summed E-state index contributed by atoms with van der Waals surface area (Å²) < 4.78 is 51.1. The fourth-order valence-electron chi connectivity index (χ4n) is 2.64. The molecule has 1 aliphatic rings. The molecule has 27 heavy (non-hydrogen) atoms. The Morgan fingerprint density at radius 1 is 0.963 bits per heavy atom. The van der Waals surface area contributed by atoms with Gasteiger partial charge in [0.05, 0.1) is 16.9 Å². The highest BCUT2D eigenvalue weighted by molar-refractivity contribution is 7.86. The third-order valence-corrected chi connectivity index (χ3v) is 5.84. The molecule has 2 aromatic carbocycles. The number of esters is 2. The summed E-state index contributed by atoms with van der Waals surface area (Å²) in [5.41, 5.74) is 0.328. The van der Waals surface area contributed by atoms with Gasteiger partial charge in [0.25, 0.3) is 0 Å². The highest BCUT2D eigenvalue weighted by Crippen LogP contribution is 2.37. The molecule has 0 spiro atoms. The van der Waals surface area contributed by atoms with Crippen LogP contribution in [0.15, 0.2) is 60.7 Å². The van der Waals surface area contributed by atoms with Crippen molar-refractivity contribution in [2.45, 2.75) is 17.3 Å². The molecule has 0 radical (unpaired) electrons. The first-order valence-electron chi connectivity index (χ1n) is 8.13. The number of hydrogen-bond acceptors (Lipinski definition) is 5. The van der Waals surface area contributed by atoms with Gasteiger partial charge >= 0.3 is 17.9 Å². The molecular weight excluding hydrogens is 378 g/mol. The van der Waals surface area contributed by atoms with E-state index in [-0.39, 0.29) is 11.1 Å². The van der Waals surface area contributed by atoms with Crippen LogP contribution in [0, 0.1) is 0 Å². The Hall–Kier alpha value is -2.61. The molecule has 1 unspecified atom stereocenters. The largest absolute Gasteiger partial charge is 0.461 e. The van der Waals surface area contributed by atoms with Crippen molar-refractivity contribution in [3.63, 3.8) is 0 Å². The third kappa shape index (κ3) is 4.21. The van der Waals surface area contributed by atoms with Gasteiger partial charge in [-0.2, -0.15) is 0 Å². The monoisotopic (exact) mass is 394 g/mol. The van der Waals surface area contributed by atoms with Crippen LogP contribution in [0.25, 0.3) is 0 Å². The summed E-state index contributed by atoms with van der Waals surface area (Å²) in [4.78, 5) is 23.9. The lowest BCUT2D eigenvalue weighted by atomic mass is 10.1. The second kappa shape index (κ2) is 7.96. The Kier molecular flexibility index (Phi) is 5.65. The number of carbonyl (C=O) groups excluding carboxylic acids is 2. The summed E-state index contributed by atoms with van der Waals surface area (Å²) in [5, 5.41) is -1.74. The van der Waals surface area contributed by atoms with Crippen molar-refractivity contribution >= 4 is 22.7 Å². The van der Waals surface area contributed by atoms with Gasteiger partial charge < -0.3 is 9.47 Å². The topological polar surface area (TPSA) is 69.7 Å². The van der Waals surface area contributed by atoms with E-state index in [2.05, 4.69) is 0 Å². The van der Waals surface area contributed by atoms with Crippen LogP contribution >= 0.6 is 0 Å². The minimum atomic E-state index is -3.58. The zero-order valence-electron chi connectivity index (χ0n) is 14.0. The number of halogens is 2. The minimum Gasteiger partial charge on any atom is -0.461 e. The molecule has 2 aromatic rings.